The number of fused-ring (bicyclic) bond motifs is 1. The first-order valence-corrected chi connectivity index (χ1v) is 7.63. The Morgan fingerprint density at radius 2 is 2.27 bits per heavy atom. The third-order valence-corrected chi connectivity index (χ3v) is 4.31. The number of hydrogen-bond acceptors (Lipinski definition) is 4. The molecule has 2 aromatic rings. The van der Waals surface area contributed by atoms with E-state index in [1.54, 1.807) is 22.9 Å². The van der Waals surface area contributed by atoms with Crippen LogP contribution in [-0.4, -0.2) is 39.6 Å². The van der Waals surface area contributed by atoms with Crippen molar-refractivity contribution >= 4 is 11.9 Å². The van der Waals surface area contributed by atoms with Gasteiger partial charge >= 0.3 is 0 Å². The highest BCUT2D eigenvalue weighted by Crippen LogP contribution is 2.29. The molecule has 1 saturated heterocycles. The fraction of sp³-hybridized carbons (Fsp3) is 0.375. The first-order chi connectivity index (χ1) is 10.8. The Kier molecular flexibility index (Phi) is 3.38. The Morgan fingerprint density at radius 1 is 1.32 bits per heavy atom. The maximum absolute atomic E-state index is 13.6. The van der Waals surface area contributed by atoms with Crippen molar-refractivity contribution in [2.24, 2.45) is 4.99 Å². The van der Waals surface area contributed by atoms with E-state index < -0.39 is 0 Å². The zero-order valence-corrected chi connectivity index (χ0v) is 12.2. The Balaban J connectivity index is 1.73. The Bertz CT molecular complexity index is 729. The molecule has 1 N–H and O–H groups in total. The molecular weight excluding hydrogens is 281 g/mol. The van der Waals surface area contributed by atoms with E-state index in [1.165, 1.54) is 12.3 Å². The van der Waals surface area contributed by atoms with Crippen LogP contribution in [0.1, 0.15) is 24.7 Å². The van der Waals surface area contributed by atoms with Crippen LogP contribution in [0.15, 0.2) is 41.8 Å². The van der Waals surface area contributed by atoms with Crippen molar-refractivity contribution in [3.63, 3.8) is 0 Å². The van der Waals surface area contributed by atoms with Crippen LogP contribution in [0.2, 0.25) is 0 Å². The molecule has 4 heterocycles. The van der Waals surface area contributed by atoms with Crippen molar-refractivity contribution in [2.45, 2.75) is 25.0 Å². The van der Waals surface area contributed by atoms with Crippen molar-refractivity contribution in [1.29, 1.82) is 0 Å². The fourth-order valence-corrected chi connectivity index (χ4v) is 3.23. The minimum absolute atomic E-state index is 0.160. The van der Waals surface area contributed by atoms with Gasteiger partial charge in [0.1, 0.15) is 11.5 Å². The van der Waals surface area contributed by atoms with Crippen molar-refractivity contribution < 1.29 is 4.39 Å². The predicted octanol–water partition coefficient (Wildman–Crippen LogP) is 2.12. The van der Waals surface area contributed by atoms with Crippen LogP contribution in [-0.2, 0) is 0 Å². The monoisotopic (exact) mass is 299 g/mol. The molecule has 0 amide bonds. The minimum atomic E-state index is -0.270. The molecule has 5 nitrogen and oxygen atoms in total. The summed E-state index contributed by atoms with van der Waals surface area (Å²) in [4.78, 5) is 11.2. The van der Waals surface area contributed by atoms with Gasteiger partial charge in [-0.3, -0.25) is 9.39 Å². The molecular formula is C16H18FN5. The third kappa shape index (κ3) is 2.29. The number of allylic oxidation sites excluding steroid dienone is 1. The highest BCUT2D eigenvalue weighted by atomic mass is 19.1. The molecule has 0 radical (unpaired) electrons. The lowest BCUT2D eigenvalue weighted by Crippen LogP contribution is -2.45. The summed E-state index contributed by atoms with van der Waals surface area (Å²) in [7, 11) is 0. The Labute approximate surface area is 128 Å². The second-order valence-corrected chi connectivity index (χ2v) is 5.72. The summed E-state index contributed by atoms with van der Waals surface area (Å²) in [5.41, 5.74) is 1.63. The lowest BCUT2D eigenvalue weighted by atomic mass is 10.0. The highest BCUT2D eigenvalue weighted by molar-refractivity contribution is 5.72. The average molecular weight is 299 g/mol. The number of aromatic nitrogens is 2. The molecule has 0 bridgehead atoms. The molecule has 6 heteroatoms. The van der Waals surface area contributed by atoms with Crippen LogP contribution < -0.4 is 5.32 Å². The summed E-state index contributed by atoms with van der Waals surface area (Å²) in [6.45, 7) is 2.02. The summed E-state index contributed by atoms with van der Waals surface area (Å²) in [6, 6.07) is 3.51. The van der Waals surface area contributed by atoms with Crippen LogP contribution >= 0.6 is 0 Å². The average Bonchev–Trinajstić information content (AvgIpc) is 2.98. The fourth-order valence-electron chi connectivity index (χ4n) is 3.23. The second kappa shape index (κ2) is 5.53. The smallest absolute Gasteiger partial charge is 0.163 e. The van der Waals surface area contributed by atoms with E-state index in [0.29, 0.717) is 6.04 Å². The zero-order valence-electron chi connectivity index (χ0n) is 12.2. The van der Waals surface area contributed by atoms with Gasteiger partial charge in [-0.15, -0.1) is 0 Å². The number of rotatable bonds is 2. The lowest BCUT2D eigenvalue weighted by Gasteiger charge is -2.38. The summed E-state index contributed by atoms with van der Waals surface area (Å²) in [6.07, 6.45) is 11.2. The van der Waals surface area contributed by atoms with Crippen LogP contribution in [0.3, 0.4) is 0 Å². The molecule has 2 aliphatic rings. The van der Waals surface area contributed by atoms with Gasteiger partial charge in [0, 0.05) is 31.2 Å². The molecule has 4 rings (SSSR count). The molecule has 2 atom stereocenters. The SMILES string of the molecule is Fc1ccc2ncc([C@H]3N=CC=CN3C3CCCNC3)n2c1. The number of pyridine rings is 1. The van der Waals surface area contributed by atoms with Gasteiger partial charge in [-0.25, -0.2) is 9.37 Å². The molecule has 2 aromatic heterocycles. The van der Waals surface area contributed by atoms with Gasteiger partial charge in [0.15, 0.2) is 6.17 Å². The molecule has 1 unspecified atom stereocenters. The summed E-state index contributed by atoms with van der Waals surface area (Å²) in [5.74, 6) is -0.270. The van der Waals surface area contributed by atoms with Gasteiger partial charge in [0.05, 0.1) is 11.9 Å². The molecule has 22 heavy (non-hydrogen) atoms. The van der Waals surface area contributed by atoms with Gasteiger partial charge in [-0.05, 0) is 37.6 Å². The third-order valence-electron chi connectivity index (χ3n) is 4.31. The number of nitrogens with zero attached hydrogens (tertiary/aromatic N) is 4. The minimum Gasteiger partial charge on any atom is -0.347 e. The second-order valence-electron chi connectivity index (χ2n) is 5.72. The number of nitrogens with one attached hydrogen (secondary N) is 1. The van der Waals surface area contributed by atoms with Gasteiger partial charge in [-0.2, -0.15) is 0 Å². The van der Waals surface area contributed by atoms with E-state index >= 15 is 0 Å². The molecule has 0 saturated carbocycles. The predicted molar refractivity (Wildman–Crippen MR) is 83.3 cm³/mol. The van der Waals surface area contributed by atoms with Crippen molar-refractivity contribution in [2.75, 3.05) is 13.1 Å². The van der Waals surface area contributed by atoms with Crippen LogP contribution in [0.5, 0.6) is 0 Å². The van der Waals surface area contributed by atoms with Crippen LogP contribution in [0.25, 0.3) is 5.65 Å². The number of imidazole rings is 1. The topological polar surface area (TPSA) is 44.9 Å². The standard InChI is InChI=1S/C16H18FN5/c17-12-4-5-15-20-10-14(22(15)11-12)16-19-7-2-8-21(16)13-3-1-6-18-9-13/h2,4-5,7-8,10-11,13,16,18H,1,3,6,9H2/t13?,16-/m0/s1. The van der Waals surface area contributed by atoms with E-state index in [0.717, 1.165) is 37.3 Å². The number of halogens is 1. The van der Waals surface area contributed by atoms with Gasteiger partial charge in [0.2, 0.25) is 0 Å². The number of hydrogen-bond donors (Lipinski definition) is 1. The molecule has 1 fully saturated rings. The van der Waals surface area contributed by atoms with E-state index in [4.69, 9.17) is 0 Å². The zero-order chi connectivity index (χ0) is 14.9. The van der Waals surface area contributed by atoms with Gasteiger partial charge in [-0.1, -0.05) is 0 Å². The van der Waals surface area contributed by atoms with E-state index in [2.05, 4.69) is 26.4 Å². The van der Waals surface area contributed by atoms with E-state index in [-0.39, 0.29) is 12.0 Å². The molecule has 2 aliphatic heterocycles. The van der Waals surface area contributed by atoms with E-state index in [9.17, 15) is 4.39 Å². The Hall–Kier alpha value is -2.21. The summed E-state index contributed by atoms with van der Waals surface area (Å²) in [5, 5.41) is 3.43. The normalized spacial score (nSPS) is 25.0. The van der Waals surface area contributed by atoms with Crippen molar-refractivity contribution in [1.82, 2.24) is 19.6 Å². The van der Waals surface area contributed by atoms with Gasteiger partial charge in [0.25, 0.3) is 0 Å². The van der Waals surface area contributed by atoms with Crippen LogP contribution in [0, 0.1) is 5.82 Å². The van der Waals surface area contributed by atoms with E-state index in [1.807, 2.05) is 6.08 Å². The highest BCUT2D eigenvalue weighted by Gasteiger charge is 2.28. The first-order valence-electron chi connectivity index (χ1n) is 7.63. The molecule has 0 aliphatic carbocycles. The number of piperidine rings is 1. The maximum Gasteiger partial charge on any atom is 0.163 e. The summed E-state index contributed by atoms with van der Waals surface area (Å²) < 4.78 is 15.4. The maximum atomic E-state index is 13.6. The number of aliphatic imine (C=N–C) groups is 1. The largest absolute Gasteiger partial charge is 0.347 e. The lowest BCUT2D eigenvalue weighted by molar-refractivity contribution is 0.172. The molecule has 114 valence electrons. The van der Waals surface area contributed by atoms with Crippen LogP contribution in [0.4, 0.5) is 4.39 Å². The summed E-state index contributed by atoms with van der Waals surface area (Å²) >= 11 is 0. The van der Waals surface area contributed by atoms with Gasteiger partial charge < -0.3 is 10.2 Å². The molecule has 0 aromatic carbocycles. The van der Waals surface area contributed by atoms with Crippen molar-refractivity contribution in [3.8, 4) is 0 Å². The first kappa shape index (κ1) is 13.5. The Morgan fingerprint density at radius 3 is 3.14 bits per heavy atom. The molecule has 0 spiro atoms. The van der Waals surface area contributed by atoms with Crippen molar-refractivity contribution in [3.05, 3.63) is 48.3 Å². The quantitative estimate of drug-likeness (QED) is 0.924.